The summed E-state index contributed by atoms with van der Waals surface area (Å²) < 4.78 is 1.72. The maximum atomic E-state index is 12.3. The van der Waals surface area contributed by atoms with Gasteiger partial charge in [0.25, 0.3) is 5.24 Å². The van der Waals surface area contributed by atoms with E-state index >= 15 is 0 Å². The van der Waals surface area contributed by atoms with Gasteiger partial charge in [0.15, 0.2) is 0 Å². The molecule has 1 amide bonds. The Hall–Kier alpha value is -3.78. The highest BCUT2D eigenvalue weighted by Crippen LogP contribution is 2.31. The van der Waals surface area contributed by atoms with Crippen LogP contribution in [0.5, 0.6) is 0 Å². The van der Waals surface area contributed by atoms with Crippen molar-refractivity contribution < 1.29 is 14.7 Å². The second-order valence-electron chi connectivity index (χ2n) is 7.67. The number of fused-ring (bicyclic) bond motifs is 2. The van der Waals surface area contributed by atoms with Gasteiger partial charge in [-0.2, -0.15) is 0 Å². The predicted molar refractivity (Wildman–Crippen MR) is 128 cm³/mol. The van der Waals surface area contributed by atoms with Crippen molar-refractivity contribution in [3.63, 3.8) is 0 Å². The zero-order valence-electron chi connectivity index (χ0n) is 17.6. The number of nitrogens with one attached hydrogen (secondary N) is 1. The third-order valence-corrected chi connectivity index (χ3v) is 6.27. The van der Waals surface area contributed by atoms with Crippen LogP contribution < -0.4 is 5.73 Å². The number of carbonyl (C=O) groups is 2. The number of rotatable bonds is 5. The number of carbonyl (C=O) groups excluding carboxylic acids is 1. The molecule has 32 heavy (non-hydrogen) atoms. The Bertz CT molecular complexity index is 1390. The summed E-state index contributed by atoms with van der Waals surface area (Å²) in [7, 11) is 3.41. The molecule has 162 valence electrons. The maximum Gasteiger partial charge on any atom is 0.352 e. The predicted octanol–water partition coefficient (Wildman–Crippen LogP) is 4.60. The highest BCUT2D eigenvalue weighted by molar-refractivity contribution is 8.13. The Labute approximate surface area is 188 Å². The van der Waals surface area contributed by atoms with Gasteiger partial charge >= 0.3 is 5.97 Å². The number of benzene rings is 3. The molecule has 0 aliphatic rings. The van der Waals surface area contributed by atoms with E-state index in [1.807, 2.05) is 36.4 Å². The number of aromatic carboxylic acids is 1. The van der Waals surface area contributed by atoms with Gasteiger partial charge in [-0.25, -0.2) is 4.79 Å². The van der Waals surface area contributed by atoms with E-state index in [0.29, 0.717) is 11.1 Å². The first kappa shape index (κ1) is 21.5. The summed E-state index contributed by atoms with van der Waals surface area (Å²) in [6.07, 6.45) is 0. The smallest absolute Gasteiger partial charge is 0.352 e. The Kier molecular flexibility index (Phi) is 5.63. The monoisotopic (exact) mass is 446 g/mol. The minimum absolute atomic E-state index is 0.0810. The van der Waals surface area contributed by atoms with Crippen molar-refractivity contribution in [3.05, 3.63) is 77.5 Å². The largest absolute Gasteiger partial charge is 0.477 e. The first-order chi connectivity index (χ1) is 15.2. The highest BCUT2D eigenvalue weighted by atomic mass is 32.2. The minimum Gasteiger partial charge on any atom is -0.477 e. The molecule has 4 N–H and O–H groups in total. The van der Waals surface area contributed by atoms with Crippen molar-refractivity contribution >= 4 is 50.5 Å². The summed E-state index contributed by atoms with van der Waals surface area (Å²) in [6, 6.07) is 18.6. The lowest BCUT2D eigenvalue weighted by Gasteiger charge is -2.15. The molecule has 3 aromatic carbocycles. The van der Waals surface area contributed by atoms with Crippen molar-refractivity contribution in [1.82, 2.24) is 9.47 Å². The Morgan fingerprint density at radius 1 is 1.06 bits per heavy atom. The molecule has 0 saturated carbocycles. The fourth-order valence-electron chi connectivity index (χ4n) is 3.68. The van der Waals surface area contributed by atoms with Gasteiger partial charge in [0, 0.05) is 42.0 Å². The molecule has 0 radical (unpaired) electrons. The fourth-order valence-corrected chi connectivity index (χ4v) is 4.45. The number of hydrogen-bond donors (Lipinski definition) is 3. The van der Waals surface area contributed by atoms with E-state index in [1.54, 1.807) is 42.9 Å². The standard InChI is InChI=1S/C24H22N4O3S/c1-27(2)24(31)32-18-9-14-5-3-4-6-19(14)17(10-18)13-28-20-12-16(22(25)26)8-7-15(20)11-21(28)23(29)30/h3-12H,13H2,1-2H3,(H3,25,26)(H,29,30). The molecule has 1 aromatic heterocycles. The molecule has 4 aromatic rings. The number of carboxylic acids is 1. The number of nitrogens with two attached hydrogens (primary N) is 1. The summed E-state index contributed by atoms with van der Waals surface area (Å²) in [4.78, 5) is 26.6. The molecular formula is C24H22N4O3S. The van der Waals surface area contributed by atoms with Crippen LogP contribution in [0, 0.1) is 5.41 Å². The first-order valence-corrected chi connectivity index (χ1v) is 10.7. The summed E-state index contributed by atoms with van der Waals surface area (Å²) in [5, 5.41) is 20.2. The summed E-state index contributed by atoms with van der Waals surface area (Å²) >= 11 is 1.13. The molecule has 8 heteroatoms. The van der Waals surface area contributed by atoms with Crippen molar-refractivity contribution in [3.8, 4) is 0 Å². The number of amides is 1. The minimum atomic E-state index is -1.04. The zero-order chi connectivity index (χ0) is 23.0. The van der Waals surface area contributed by atoms with Crippen LogP contribution in [0.4, 0.5) is 4.79 Å². The van der Waals surface area contributed by atoms with Crippen LogP contribution in [0.15, 0.2) is 65.6 Å². The van der Waals surface area contributed by atoms with Gasteiger partial charge in [-0.3, -0.25) is 10.2 Å². The zero-order valence-corrected chi connectivity index (χ0v) is 18.4. The van der Waals surface area contributed by atoms with Crippen molar-refractivity contribution in [1.29, 1.82) is 5.41 Å². The topological polar surface area (TPSA) is 112 Å². The lowest BCUT2D eigenvalue weighted by Crippen LogP contribution is -2.16. The Balaban J connectivity index is 1.89. The van der Waals surface area contributed by atoms with Gasteiger partial charge in [0.05, 0.1) is 0 Å². The van der Waals surface area contributed by atoms with E-state index in [9.17, 15) is 14.7 Å². The highest BCUT2D eigenvalue weighted by Gasteiger charge is 2.18. The second-order valence-corrected chi connectivity index (χ2v) is 8.70. The van der Waals surface area contributed by atoms with Crippen LogP contribution in [0.3, 0.4) is 0 Å². The third-order valence-electron chi connectivity index (χ3n) is 5.25. The van der Waals surface area contributed by atoms with Gasteiger partial charge < -0.3 is 20.3 Å². The van der Waals surface area contributed by atoms with Crippen molar-refractivity contribution in [2.75, 3.05) is 14.1 Å². The van der Waals surface area contributed by atoms with Crippen LogP contribution in [0.2, 0.25) is 0 Å². The normalized spacial score (nSPS) is 11.1. The molecule has 4 rings (SSSR count). The molecule has 0 aliphatic heterocycles. The van der Waals surface area contributed by atoms with Gasteiger partial charge in [-0.15, -0.1) is 0 Å². The lowest BCUT2D eigenvalue weighted by atomic mass is 10.0. The van der Waals surface area contributed by atoms with Crippen molar-refractivity contribution in [2.24, 2.45) is 5.73 Å². The Morgan fingerprint density at radius 2 is 1.81 bits per heavy atom. The van der Waals surface area contributed by atoms with Crippen LogP contribution in [0.25, 0.3) is 21.7 Å². The average molecular weight is 447 g/mol. The molecule has 0 fully saturated rings. The molecule has 0 aliphatic carbocycles. The number of amidine groups is 1. The number of nitrogen functional groups attached to an aromatic ring is 1. The molecular weight excluding hydrogens is 424 g/mol. The van der Waals surface area contributed by atoms with E-state index < -0.39 is 5.97 Å². The Morgan fingerprint density at radius 3 is 2.50 bits per heavy atom. The first-order valence-electron chi connectivity index (χ1n) is 9.86. The number of hydrogen-bond acceptors (Lipinski definition) is 4. The molecule has 1 heterocycles. The lowest BCUT2D eigenvalue weighted by molar-refractivity contribution is 0.0686. The molecule has 0 bridgehead atoms. The number of thioether (sulfide) groups is 1. The van der Waals surface area contributed by atoms with E-state index in [4.69, 9.17) is 11.1 Å². The van der Waals surface area contributed by atoms with E-state index in [-0.39, 0.29) is 23.3 Å². The third kappa shape index (κ3) is 4.04. The van der Waals surface area contributed by atoms with Gasteiger partial charge in [-0.05, 0) is 52.4 Å². The molecule has 0 saturated heterocycles. The average Bonchev–Trinajstić information content (AvgIpc) is 3.11. The fraction of sp³-hybridized carbons (Fsp3) is 0.125. The van der Waals surface area contributed by atoms with Gasteiger partial charge in [0.1, 0.15) is 11.5 Å². The summed E-state index contributed by atoms with van der Waals surface area (Å²) in [5.74, 6) is -1.12. The molecule has 0 spiro atoms. The van der Waals surface area contributed by atoms with Crippen LogP contribution >= 0.6 is 11.8 Å². The van der Waals surface area contributed by atoms with Gasteiger partial charge in [0.2, 0.25) is 0 Å². The van der Waals surface area contributed by atoms with E-state index in [1.165, 1.54) is 4.90 Å². The van der Waals surface area contributed by atoms with E-state index in [2.05, 4.69) is 0 Å². The maximum absolute atomic E-state index is 12.3. The molecule has 0 unspecified atom stereocenters. The van der Waals surface area contributed by atoms with Gasteiger partial charge in [-0.1, -0.05) is 36.4 Å². The quantitative estimate of drug-likeness (QED) is 0.236. The van der Waals surface area contributed by atoms with Crippen LogP contribution in [-0.4, -0.2) is 45.7 Å². The molecule has 7 nitrogen and oxygen atoms in total. The number of carboxylic acid groups (broad SMARTS) is 1. The second kappa shape index (κ2) is 8.39. The number of nitrogens with zero attached hydrogens (tertiary/aromatic N) is 2. The summed E-state index contributed by atoms with van der Waals surface area (Å²) in [5.41, 5.74) is 7.91. The van der Waals surface area contributed by atoms with Crippen LogP contribution in [-0.2, 0) is 6.54 Å². The molecule has 0 atom stereocenters. The van der Waals surface area contributed by atoms with E-state index in [0.717, 1.165) is 38.4 Å². The number of aromatic nitrogens is 1. The SMILES string of the molecule is CN(C)C(=O)Sc1cc(Cn2c(C(=O)O)cc3ccc(C(=N)N)cc32)c2ccccc2c1. The van der Waals surface area contributed by atoms with Crippen molar-refractivity contribution in [2.45, 2.75) is 11.4 Å². The summed E-state index contributed by atoms with van der Waals surface area (Å²) in [6.45, 7) is 0.289. The van der Waals surface area contributed by atoms with Crippen LogP contribution in [0.1, 0.15) is 21.6 Å².